The van der Waals surface area contributed by atoms with Crippen LogP contribution in [0.15, 0.2) is 47.4 Å². The van der Waals surface area contributed by atoms with E-state index in [1.165, 1.54) is 37.3 Å². The summed E-state index contributed by atoms with van der Waals surface area (Å²) in [4.78, 5) is 23.9. The van der Waals surface area contributed by atoms with Gasteiger partial charge in [-0.25, -0.2) is 26.0 Å². The number of sulfone groups is 1. The largest absolute Gasteiger partial charge is 0.452 e. The Bertz CT molecular complexity index is 1260. The highest BCUT2D eigenvalue weighted by atomic mass is 32.2. The Morgan fingerprint density at radius 3 is 2.62 bits per heavy atom. The monoisotopic (exact) mass is 484 g/mol. The molecule has 0 radical (unpaired) electrons. The van der Waals surface area contributed by atoms with Crippen LogP contribution in [0.2, 0.25) is 0 Å². The van der Waals surface area contributed by atoms with Crippen LogP contribution in [0.25, 0.3) is 0 Å². The molecule has 1 saturated heterocycles. The van der Waals surface area contributed by atoms with Gasteiger partial charge in [-0.15, -0.1) is 0 Å². The molecule has 2 N–H and O–H groups in total. The van der Waals surface area contributed by atoms with E-state index >= 15 is 0 Å². The minimum Gasteiger partial charge on any atom is -0.452 e. The molecule has 2 aromatic rings. The molecule has 1 unspecified atom stereocenters. The van der Waals surface area contributed by atoms with E-state index in [0.717, 1.165) is 12.1 Å². The van der Waals surface area contributed by atoms with E-state index in [1.807, 2.05) is 0 Å². The molecule has 2 aromatic carbocycles. The van der Waals surface area contributed by atoms with Crippen LogP contribution in [0.1, 0.15) is 22.3 Å². The van der Waals surface area contributed by atoms with E-state index in [0.29, 0.717) is 12.0 Å². The van der Waals surface area contributed by atoms with Crippen molar-refractivity contribution in [2.75, 3.05) is 22.8 Å². The van der Waals surface area contributed by atoms with Crippen molar-refractivity contribution >= 4 is 37.4 Å². The predicted octanol–water partition coefficient (Wildman–Crippen LogP) is 1.40. The van der Waals surface area contributed by atoms with Gasteiger partial charge in [0, 0.05) is 11.7 Å². The first-order valence-electron chi connectivity index (χ1n) is 9.51. The molecule has 1 amide bonds. The molecule has 1 fully saturated rings. The van der Waals surface area contributed by atoms with Crippen molar-refractivity contribution in [1.82, 2.24) is 5.32 Å². The Kier molecular flexibility index (Phi) is 6.84. The van der Waals surface area contributed by atoms with E-state index in [-0.39, 0.29) is 27.7 Å². The third kappa shape index (κ3) is 6.04. The van der Waals surface area contributed by atoms with Crippen molar-refractivity contribution in [3.63, 3.8) is 0 Å². The van der Waals surface area contributed by atoms with Gasteiger partial charge in [0.2, 0.25) is 0 Å². The van der Waals surface area contributed by atoms with Gasteiger partial charge in [-0.2, -0.15) is 0 Å². The number of aryl methyl sites for hydroxylation is 1. The number of sulfonamides is 1. The van der Waals surface area contributed by atoms with Crippen molar-refractivity contribution in [3.05, 3.63) is 59.4 Å². The van der Waals surface area contributed by atoms with Crippen LogP contribution in [0, 0.1) is 12.7 Å². The lowest BCUT2D eigenvalue weighted by molar-refractivity contribution is -0.124. The number of ether oxygens (including phenoxy) is 1. The van der Waals surface area contributed by atoms with Crippen LogP contribution in [0.3, 0.4) is 0 Å². The van der Waals surface area contributed by atoms with Crippen LogP contribution >= 0.6 is 0 Å². The molecule has 0 aromatic heterocycles. The van der Waals surface area contributed by atoms with E-state index in [2.05, 4.69) is 10.0 Å². The van der Waals surface area contributed by atoms with Gasteiger partial charge in [0.05, 0.1) is 22.0 Å². The Labute approximate surface area is 184 Å². The highest BCUT2D eigenvalue weighted by Gasteiger charge is 2.29. The molecule has 32 heavy (non-hydrogen) atoms. The number of nitrogens with one attached hydrogen (secondary N) is 2. The maximum atomic E-state index is 13.5. The molecule has 1 aliphatic rings. The minimum atomic E-state index is -4.11. The third-order valence-corrected chi connectivity index (χ3v) is 8.01. The van der Waals surface area contributed by atoms with Gasteiger partial charge in [0.1, 0.15) is 5.82 Å². The van der Waals surface area contributed by atoms with Crippen molar-refractivity contribution in [3.8, 4) is 0 Å². The quantitative estimate of drug-likeness (QED) is 0.567. The van der Waals surface area contributed by atoms with Crippen LogP contribution in [0.5, 0.6) is 0 Å². The smallest absolute Gasteiger partial charge is 0.338 e. The molecular formula is C20H21FN2O7S2. The summed E-state index contributed by atoms with van der Waals surface area (Å²) in [6, 6.07) is 8.26. The number of hydrogen-bond donors (Lipinski definition) is 2. The van der Waals surface area contributed by atoms with Gasteiger partial charge in [0.15, 0.2) is 16.4 Å². The Morgan fingerprint density at radius 2 is 1.94 bits per heavy atom. The van der Waals surface area contributed by atoms with Crippen LogP contribution in [0.4, 0.5) is 10.1 Å². The second-order valence-electron chi connectivity index (χ2n) is 7.34. The second-order valence-corrected chi connectivity index (χ2v) is 11.2. The summed E-state index contributed by atoms with van der Waals surface area (Å²) < 4.78 is 68.7. The van der Waals surface area contributed by atoms with Gasteiger partial charge in [0.25, 0.3) is 15.9 Å². The molecule has 172 valence electrons. The fourth-order valence-electron chi connectivity index (χ4n) is 3.18. The first-order valence-corrected chi connectivity index (χ1v) is 12.8. The summed E-state index contributed by atoms with van der Waals surface area (Å²) in [7, 11) is -7.27. The maximum absolute atomic E-state index is 13.5. The topological polar surface area (TPSA) is 136 Å². The number of rotatable bonds is 7. The predicted molar refractivity (Wildman–Crippen MR) is 114 cm³/mol. The summed E-state index contributed by atoms with van der Waals surface area (Å²) in [5.41, 5.74) is 0.372. The number of carbonyl (C=O) groups excluding carboxylic acids is 2. The SMILES string of the molecule is Cc1ccc(F)cc1S(=O)(=O)Nc1cccc(C(=O)OCC(=O)NC2CCS(=O)(=O)C2)c1. The number of halogens is 1. The van der Waals surface area contributed by atoms with Gasteiger partial charge >= 0.3 is 5.97 Å². The maximum Gasteiger partial charge on any atom is 0.338 e. The molecule has 0 spiro atoms. The molecule has 1 aliphatic heterocycles. The van der Waals surface area contributed by atoms with Crippen molar-refractivity contribution < 1.29 is 35.6 Å². The molecular weight excluding hydrogens is 463 g/mol. The number of amides is 1. The van der Waals surface area contributed by atoms with Crippen molar-refractivity contribution in [2.24, 2.45) is 0 Å². The second kappa shape index (κ2) is 9.25. The molecule has 1 heterocycles. The molecule has 12 heteroatoms. The average molecular weight is 485 g/mol. The minimum absolute atomic E-state index is 0.00438. The van der Waals surface area contributed by atoms with E-state index < -0.39 is 50.2 Å². The van der Waals surface area contributed by atoms with Crippen molar-refractivity contribution in [2.45, 2.75) is 24.3 Å². The summed E-state index contributed by atoms with van der Waals surface area (Å²) in [5, 5.41) is 2.49. The standard InChI is InChI=1S/C20H21FN2O7S2/c1-13-5-6-15(21)10-18(13)32(28,29)23-16-4-2-3-14(9-16)20(25)30-11-19(24)22-17-7-8-31(26,27)12-17/h2-6,9-10,17,23H,7-8,11-12H2,1H3,(H,22,24). The lowest BCUT2D eigenvalue weighted by atomic mass is 10.2. The van der Waals surface area contributed by atoms with Crippen LogP contribution < -0.4 is 10.0 Å². The zero-order valence-electron chi connectivity index (χ0n) is 17.0. The van der Waals surface area contributed by atoms with Gasteiger partial charge in [-0.3, -0.25) is 9.52 Å². The first kappa shape index (κ1) is 23.7. The third-order valence-electron chi connectivity index (χ3n) is 4.72. The Balaban J connectivity index is 1.62. The lowest BCUT2D eigenvalue weighted by Gasteiger charge is -2.12. The molecule has 9 nitrogen and oxygen atoms in total. The molecule has 0 aliphatic carbocycles. The molecule has 0 bridgehead atoms. The zero-order valence-corrected chi connectivity index (χ0v) is 18.6. The van der Waals surface area contributed by atoms with Gasteiger partial charge < -0.3 is 10.1 Å². The summed E-state index contributed by atoms with van der Waals surface area (Å²) in [6.45, 7) is 0.904. The zero-order chi connectivity index (χ0) is 23.5. The fourth-order valence-corrected chi connectivity index (χ4v) is 6.16. The summed E-state index contributed by atoms with van der Waals surface area (Å²) in [6.07, 6.45) is 0.301. The molecule has 1 atom stereocenters. The first-order chi connectivity index (χ1) is 14.9. The summed E-state index contributed by atoms with van der Waals surface area (Å²) >= 11 is 0. The highest BCUT2D eigenvalue weighted by molar-refractivity contribution is 7.92. The van der Waals surface area contributed by atoms with E-state index in [1.54, 1.807) is 0 Å². The van der Waals surface area contributed by atoms with Crippen LogP contribution in [-0.2, 0) is 29.4 Å². The highest BCUT2D eigenvalue weighted by Crippen LogP contribution is 2.21. The van der Waals surface area contributed by atoms with Crippen molar-refractivity contribution in [1.29, 1.82) is 0 Å². The number of anilines is 1. The Hall–Kier alpha value is -2.99. The van der Waals surface area contributed by atoms with Gasteiger partial charge in [-0.05, 0) is 49.2 Å². The lowest BCUT2D eigenvalue weighted by Crippen LogP contribution is -2.38. The molecule has 0 saturated carbocycles. The Morgan fingerprint density at radius 1 is 1.19 bits per heavy atom. The number of benzene rings is 2. The normalized spacial score (nSPS) is 17.5. The van der Waals surface area contributed by atoms with Crippen LogP contribution in [-0.4, -0.2) is 52.9 Å². The number of carbonyl (C=O) groups is 2. The van der Waals surface area contributed by atoms with E-state index in [4.69, 9.17) is 4.74 Å². The summed E-state index contributed by atoms with van der Waals surface area (Å²) in [5.74, 6) is -2.38. The number of esters is 1. The molecule has 3 rings (SSSR count). The average Bonchev–Trinajstić information content (AvgIpc) is 3.05. The number of hydrogen-bond acceptors (Lipinski definition) is 7. The van der Waals surface area contributed by atoms with E-state index in [9.17, 15) is 30.8 Å². The van der Waals surface area contributed by atoms with Gasteiger partial charge in [-0.1, -0.05) is 12.1 Å². The fraction of sp³-hybridized carbons (Fsp3) is 0.300.